The third-order valence-electron chi connectivity index (χ3n) is 2.54. The maximum absolute atomic E-state index is 11.6. The third kappa shape index (κ3) is 3.58. The quantitative estimate of drug-likeness (QED) is 0.788. The van der Waals surface area contributed by atoms with E-state index in [0.29, 0.717) is 17.7 Å². The molecule has 0 atom stereocenters. The molecule has 0 aliphatic rings. The Hall–Kier alpha value is -1.84. The number of hydrogen-bond donors (Lipinski definition) is 1. The van der Waals surface area contributed by atoms with Crippen molar-refractivity contribution in [3.05, 3.63) is 29.8 Å². The molecular formula is C14H18O4. The predicted octanol–water partition coefficient (Wildman–Crippen LogP) is 2.91. The lowest BCUT2D eigenvalue weighted by atomic mass is 10.1. The molecule has 0 fully saturated rings. The first kappa shape index (κ1) is 14.2. The zero-order chi connectivity index (χ0) is 13.8. The Morgan fingerprint density at radius 1 is 1.22 bits per heavy atom. The minimum atomic E-state index is -1.28. The largest absolute Gasteiger partial charge is 0.478 e. The monoisotopic (exact) mass is 250 g/mol. The summed E-state index contributed by atoms with van der Waals surface area (Å²) in [5, 5.41) is 8.94. The van der Waals surface area contributed by atoms with Crippen molar-refractivity contribution in [3.8, 4) is 5.75 Å². The number of carboxylic acids is 1. The third-order valence-corrected chi connectivity index (χ3v) is 2.54. The van der Waals surface area contributed by atoms with Crippen LogP contribution in [0.5, 0.6) is 5.75 Å². The summed E-state index contributed by atoms with van der Waals surface area (Å²) in [6, 6.07) is 6.55. The van der Waals surface area contributed by atoms with Gasteiger partial charge in [-0.1, -0.05) is 6.92 Å². The molecule has 1 aromatic carbocycles. The summed E-state index contributed by atoms with van der Waals surface area (Å²) in [5.41, 5.74) is -0.660. The van der Waals surface area contributed by atoms with Crippen LogP contribution in [0.25, 0.3) is 0 Å². The minimum absolute atomic E-state index is 0.0848. The van der Waals surface area contributed by atoms with Crippen LogP contribution in [0.2, 0.25) is 0 Å². The van der Waals surface area contributed by atoms with Crippen molar-refractivity contribution < 1.29 is 19.4 Å². The van der Waals surface area contributed by atoms with E-state index in [1.54, 1.807) is 24.3 Å². The Labute approximate surface area is 107 Å². The number of hydrogen-bond acceptors (Lipinski definition) is 3. The first-order valence-electron chi connectivity index (χ1n) is 5.92. The van der Waals surface area contributed by atoms with E-state index in [9.17, 15) is 9.59 Å². The van der Waals surface area contributed by atoms with E-state index in [4.69, 9.17) is 9.84 Å². The zero-order valence-corrected chi connectivity index (χ0v) is 10.9. The van der Waals surface area contributed by atoms with Gasteiger partial charge in [-0.2, -0.15) is 0 Å². The van der Waals surface area contributed by atoms with Crippen LogP contribution in [-0.4, -0.2) is 22.5 Å². The zero-order valence-electron chi connectivity index (χ0n) is 10.9. The normalized spacial score (nSPS) is 11.1. The molecule has 0 aliphatic heterocycles. The summed E-state index contributed by atoms with van der Waals surface area (Å²) in [4.78, 5) is 22.5. The molecule has 0 unspecified atom stereocenters. The first-order valence-corrected chi connectivity index (χ1v) is 5.92. The van der Waals surface area contributed by atoms with E-state index in [0.717, 1.165) is 6.42 Å². The Morgan fingerprint density at radius 3 is 2.22 bits per heavy atom. The van der Waals surface area contributed by atoms with Gasteiger partial charge in [0.25, 0.3) is 0 Å². The van der Waals surface area contributed by atoms with E-state index >= 15 is 0 Å². The van der Waals surface area contributed by atoms with Crippen molar-refractivity contribution in [2.24, 2.45) is 0 Å². The van der Waals surface area contributed by atoms with Crippen LogP contribution >= 0.6 is 0 Å². The van der Waals surface area contributed by atoms with Crippen LogP contribution in [0.4, 0.5) is 0 Å². The van der Waals surface area contributed by atoms with E-state index in [1.807, 2.05) is 6.92 Å². The van der Waals surface area contributed by atoms with Gasteiger partial charge in [-0.3, -0.25) is 4.79 Å². The van der Waals surface area contributed by atoms with E-state index < -0.39 is 11.6 Å². The predicted molar refractivity (Wildman–Crippen MR) is 68.0 cm³/mol. The van der Waals surface area contributed by atoms with Gasteiger partial charge in [0.1, 0.15) is 5.75 Å². The summed E-state index contributed by atoms with van der Waals surface area (Å²) in [7, 11) is 0. The maximum atomic E-state index is 11.6. The topological polar surface area (TPSA) is 63.6 Å². The molecule has 0 saturated carbocycles. The van der Waals surface area contributed by atoms with Gasteiger partial charge in [0.2, 0.25) is 0 Å². The summed E-state index contributed by atoms with van der Waals surface area (Å²) in [6.45, 7) is 4.90. The van der Waals surface area contributed by atoms with E-state index in [1.165, 1.54) is 13.8 Å². The molecule has 98 valence electrons. The lowest BCUT2D eigenvalue weighted by Crippen LogP contribution is -2.37. The van der Waals surface area contributed by atoms with Crippen molar-refractivity contribution >= 4 is 11.8 Å². The van der Waals surface area contributed by atoms with Crippen molar-refractivity contribution in [1.29, 1.82) is 0 Å². The van der Waals surface area contributed by atoms with Crippen LogP contribution in [0.15, 0.2) is 24.3 Å². The molecule has 0 radical (unpaired) electrons. The number of aliphatic carboxylic acids is 1. The number of benzene rings is 1. The lowest BCUT2D eigenvalue weighted by Gasteiger charge is -2.21. The van der Waals surface area contributed by atoms with Gasteiger partial charge in [0, 0.05) is 12.0 Å². The van der Waals surface area contributed by atoms with Gasteiger partial charge in [-0.15, -0.1) is 0 Å². The highest BCUT2D eigenvalue weighted by atomic mass is 16.5. The second kappa shape index (κ2) is 5.67. The average molecular weight is 250 g/mol. The number of carbonyl (C=O) groups is 2. The van der Waals surface area contributed by atoms with Gasteiger partial charge in [0.15, 0.2) is 11.4 Å². The molecule has 0 spiro atoms. The Morgan fingerprint density at radius 2 is 1.78 bits per heavy atom. The highest BCUT2D eigenvalue weighted by Gasteiger charge is 2.29. The van der Waals surface area contributed by atoms with Gasteiger partial charge < -0.3 is 9.84 Å². The molecular weight excluding hydrogens is 232 g/mol. The average Bonchev–Trinajstić information content (AvgIpc) is 2.29. The minimum Gasteiger partial charge on any atom is -0.478 e. The van der Waals surface area contributed by atoms with Crippen LogP contribution in [0, 0.1) is 0 Å². The molecule has 4 nitrogen and oxygen atoms in total. The van der Waals surface area contributed by atoms with Crippen molar-refractivity contribution in [3.63, 3.8) is 0 Å². The molecule has 0 aromatic heterocycles. The van der Waals surface area contributed by atoms with Gasteiger partial charge in [-0.05, 0) is 44.5 Å². The molecule has 18 heavy (non-hydrogen) atoms. The number of Topliss-reactive ketones (excluding diaryl/α,β-unsaturated/α-hetero) is 1. The Kier molecular flexibility index (Phi) is 4.48. The second-order valence-electron chi connectivity index (χ2n) is 4.62. The van der Waals surface area contributed by atoms with Crippen LogP contribution in [0.1, 0.15) is 44.0 Å². The number of ether oxygens (including phenoxy) is 1. The Balaban J connectivity index is 2.78. The maximum Gasteiger partial charge on any atom is 0.347 e. The molecule has 4 heteroatoms. The standard InChI is InChI=1S/C14H18O4/c1-4-5-12(15)10-6-8-11(9-7-10)18-14(2,3)13(16)17/h6-9H,4-5H2,1-3H3,(H,16,17). The highest BCUT2D eigenvalue weighted by molar-refractivity contribution is 5.96. The number of ketones is 1. The molecule has 0 bridgehead atoms. The van der Waals surface area contributed by atoms with Crippen LogP contribution < -0.4 is 4.74 Å². The molecule has 0 amide bonds. The van der Waals surface area contributed by atoms with E-state index in [-0.39, 0.29) is 5.78 Å². The Bertz CT molecular complexity index is 432. The van der Waals surface area contributed by atoms with Crippen LogP contribution in [0.3, 0.4) is 0 Å². The number of carboxylic acid groups (broad SMARTS) is 1. The van der Waals surface area contributed by atoms with Crippen molar-refractivity contribution in [1.82, 2.24) is 0 Å². The summed E-state index contributed by atoms with van der Waals surface area (Å²) >= 11 is 0. The van der Waals surface area contributed by atoms with Crippen LogP contribution in [-0.2, 0) is 4.79 Å². The second-order valence-corrected chi connectivity index (χ2v) is 4.62. The summed E-state index contributed by atoms with van der Waals surface area (Å²) in [6.07, 6.45) is 1.32. The summed E-state index contributed by atoms with van der Waals surface area (Å²) in [5.74, 6) is -0.509. The van der Waals surface area contributed by atoms with Gasteiger partial charge in [-0.25, -0.2) is 4.79 Å². The SMILES string of the molecule is CCCC(=O)c1ccc(OC(C)(C)C(=O)O)cc1. The van der Waals surface area contributed by atoms with Crippen molar-refractivity contribution in [2.45, 2.75) is 39.2 Å². The molecule has 1 rings (SSSR count). The van der Waals surface area contributed by atoms with Gasteiger partial charge in [0.05, 0.1) is 0 Å². The fourth-order valence-electron chi connectivity index (χ4n) is 1.42. The number of carbonyl (C=O) groups excluding carboxylic acids is 1. The number of rotatable bonds is 6. The smallest absolute Gasteiger partial charge is 0.347 e. The lowest BCUT2D eigenvalue weighted by molar-refractivity contribution is -0.152. The molecule has 0 saturated heterocycles. The fraction of sp³-hybridized carbons (Fsp3) is 0.429. The molecule has 0 aliphatic carbocycles. The van der Waals surface area contributed by atoms with Crippen molar-refractivity contribution in [2.75, 3.05) is 0 Å². The van der Waals surface area contributed by atoms with E-state index in [2.05, 4.69) is 0 Å². The first-order chi connectivity index (χ1) is 8.36. The van der Waals surface area contributed by atoms with Gasteiger partial charge >= 0.3 is 5.97 Å². The molecule has 0 heterocycles. The highest BCUT2D eigenvalue weighted by Crippen LogP contribution is 2.20. The fourth-order valence-corrected chi connectivity index (χ4v) is 1.42. The molecule has 1 aromatic rings. The molecule has 1 N–H and O–H groups in total. The summed E-state index contributed by atoms with van der Waals surface area (Å²) < 4.78 is 5.35.